The van der Waals surface area contributed by atoms with Crippen LogP contribution in [0.4, 0.5) is 11.4 Å². The molecule has 0 aromatic heterocycles. The van der Waals surface area contributed by atoms with Crippen LogP contribution in [0.15, 0.2) is 84.9 Å². The van der Waals surface area contributed by atoms with Gasteiger partial charge in [-0.2, -0.15) is 5.26 Å². The second-order valence-corrected chi connectivity index (χ2v) is 8.99. The number of nitrogens with one attached hydrogen (secondary N) is 2. The predicted octanol–water partition coefficient (Wildman–Crippen LogP) is 3.50. The molecule has 0 unspecified atom stereocenters. The van der Waals surface area contributed by atoms with Crippen LogP contribution in [0.3, 0.4) is 0 Å². The van der Waals surface area contributed by atoms with Crippen LogP contribution in [0.25, 0.3) is 0 Å². The Kier molecular flexibility index (Phi) is 5.79. The Labute approximate surface area is 203 Å². The first-order chi connectivity index (χ1) is 17.0. The van der Waals surface area contributed by atoms with Crippen LogP contribution in [-0.4, -0.2) is 35.2 Å². The Morgan fingerprint density at radius 2 is 1.69 bits per heavy atom. The SMILES string of the molecule is N#C[C@@H]1C[C@@]2(CN1C(=O)[C@H](Cc1ccccc1)C(=O)Nc1ccccc1)C(=O)Nc1ccccc12. The van der Waals surface area contributed by atoms with Gasteiger partial charge in [0.2, 0.25) is 17.7 Å². The lowest BCUT2D eigenvalue weighted by molar-refractivity contribution is -0.140. The van der Waals surface area contributed by atoms with Crippen molar-refractivity contribution in [2.24, 2.45) is 5.92 Å². The molecule has 3 atom stereocenters. The van der Waals surface area contributed by atoms with Crippen LogP contribution in [0, 0.1) is 17.2 Å². The van der Waals surface area contributed by atoms with Gasteiger partial charge in [-0.3, -0.25) is 14.4 Å². The van der Waals surface area contributed by atoms with Crippen LogP contribution >= 0.6 is 0 Å². The molecule has 5 rings (SSSR count). The zero-order valence-electron chi connectivity index (χ0n) is 19.0. The molecule has 0 saturated carbocycles. The van der Waals surface area contributed by atoms with E-state index >= 15 is 0 Å². The molecule has 2 N–H and O–H groups in total. The highest BCUT2D eigenvalue weighted by Gasteiger charge is 2.56. The van der Waals surface area contributed by atoms with Gasteiger partial charge in [-0.05, 0) is 35.7 Å². The number of nitrogens with zero attached hydrogens (tertiary/aromatic N) is 2. The topological polar surface area (TPSA) is 102 Å². The molecule has 2 heterocycles. The Morgan fingerprint density at radius 3 is 2.40 bits per heavy atom. The van der Waals surface area contributed by atoms with Crippen molar-refractivity contribution in [3.05, 3.63) is 96.1 Å². The molecule has 35 heavy (non-hydrogen) atoms. The van der Waals surface area contributed by atoms with Gasteiger partial charge in [0.05, 0.1) is 11.5 Å². The largest absolute Gasteiger partial charge is 0.325 e. The monoisotopic (exact) mass is 464 g/mol. The van der Waals surface area contributed by atoms with Crippen molar-refractivity contribution < 1.29 is 14.4 Å². The first-order valence-corrected chi connectivity index (χ1v) is 11.5. The van der Waals surface area contributed by atoms with Crippen molar-refractivity contribution in [3.63, 3.8) is 0 Å². The number of nitriles is 1. The molecule has 2 aliphatic heterocycles. The minimum Gasteiger partial charge on any atom is -0.325 e. The molecule has 174 valence electrons. The van der Waals surface area contributed by atoms with E-state index in [4.69, 9.17) is 0 Å². The Bertz CT molecular complexity index is 1320. The lowest BCUT2D eigenvalue weighted by Crippen LogP contribution is -2.46. The van der Waals surface area contributed by atoms with Gasteiger partial charge in [0.25, 0.3) is 0 Å². The lowest BCUT2D eigenvalue weighted by atomic mass is 9.80. The molecule has 2 aliphatic rings. The number of benzene rings is 3. The normalized spacial score (nSPS) is 21.2. The summed E-state index contributed by atoms with van der Waals surface area (Å²) in [5, 5.41) is 15.7. The summed E-state index contributed by atoms with van der Waals surface area (Å²) >= 11 is 0. The van der Waals surface area contributed by atoms with Crippen LogP contribution in [-0.2, 0) is 26.2 Å². The Hall–Kier alpha value is -4.44. The Balaban J connectivity index is 1.47. The molecule has 1 fully saturated rings. The first-order valence-electron chi connectivity index (χ1n) is 11.5. The van der Waals surface area contributed by atoms with Crippen molar-refractivity contribution in [2.45, 2.75) is 24.3 Å². The van der Waals surface area contributed by atoms with Gasteiger partial charge in [0.1, 0.15) is 12.0 Å². The van der Waals surface area contributed by atoms with E-state index in [-0.39, 0.29) is 25.3 Å². The predicted molar refractivity (Wildman–Crippen MR) is 131 cm³/mol. The van der Waals surface area contributed by atoms with Crippen LogP contribution in [0.5, 0.6) is 0 Å². The summed E-state index contributed by atoms with van der Waals surface area (Å²) in [7, 11) is 0. The average molecular weight is 465 g/mol. The molecule has 3 amide bonds. The first kappa shape index (κ1) is 22.4. The van der Waals surface area contributed by atoms with Crippen molar-refractivity contribution in [1.82, 2.24) is 4.90 Å². The third-order valence-corrected chi connectivity index (χ3v) is 6.85. The summed E-state index contributed by atoms with van der Waals surface area (Å²) in [6, 6.07) is 27.0. The highest BCUT2D eigenvalue weighted by Crippen LogP contribution is 2.46. The minimum absolute atomic E-state index is 0.0524. The molecule has 3 aromatic carbocycles. The number of fused-ring (bicyclic) bond motifs is 2. The van der Waals surface area contributed by atoms with E-state index in [1.807, 2.05) is 60.7 Å². The second kappa shape index (κ2) is 9.07. The van der Waals surface area contributed by atoms with E-state index in [1.165, 1.54) is 4.90 Å². The van der Waals surface area contributed by atoms with Gasteiger partial charge in [-0.1, -0.05) is 66.7 Å². The Morgan fingerprint density at radius 1 is 1.03 bits per heavy atom. The summed E-state index contributed by atoms with van der Waals surface area (Å²) in [5.41, 5.74) is 1.91. The van der Waals surface area contributed by atoms with Gasteiger partial charge >= 0.3 is 0 Å². The lowest BCUT2D eigenvalue weighted by Gasteiger charge is -2.26. The number of hydrogen-bond acceptors (Lipinski definition) is 4. The van der Waals surface area contributed by atoms with Crippen molar-refractivity contribution >= 4 is 29.1 Å². The van der Waals surface area contributed by atoms with E-state index in [0.29, 0.717) is 11.4 Å². The maximum Gasteiger partial charge on any atom is 0.237 e. The number of para-hydroxylation sites is 2. The zero-order chi connectivity index (χ0) is 24.4. The smallest absolute Gasteiger partial charge is 0.237 e. The third kappa shape index (κ3) is 4.04. The van der Waals surface area contributed by atoms with Crippen molar-refractivity contribution in [2.75, 3.05) is 17.2 Å². The minimum atomic E-state index is -1.05. The van der Waals surface area contributed by atoms with Crippen LogP contribution in [0.2, 0.25) is 0 Å². The van der Waals surface area contributed by atoms with Gasteiger partial charge in [-0.25, -0.2) is 0 Å². The quantitative estimate of drug-likeness (QED) is 0.564. The molecule has 1 saturated heterocycles. The van der Waals surface area contributed by atoms with E-state index in [1.54, 1.807) is 24.3 Å². The standard InChI is InChI=1S/C28H24N4O3/c29-17-21-16-28(23-13-7-8-14-24(23)31-27(28)35)18-32(21)26(34)22(15-19-9-3-1-4-10-19)25(33)30-20-11-5-2-6-12-20/h1-14,21-22H,15-16,18H2,(H,30,33)(H,31,35)/t21-,22+,28-/m0/s1. The highest BCUT2D eigenvalue weighted by molar-refractivity contribution is 6.09. The van der Waals surface area contributed by atoms with E-state index in [9.17, 15) is 19.6 Å². The number of rotatable bonds is 5. The summed E-state index contributed by atoms with van der Waals surface area (Å²) in [6.07, 6.45) is 0.374. The van der Waals surface area contributed by atoms with E-state index < -0.39 is 29.2 Å². The van der Waals surface area contributed by atoms with Crippen LogP contribution < -0.4 is 10.6 Å². The molecule has 3 aromatic rings. The van der Waals surface area contributed by atoms with Crippen LogP contribution in [0.1, 0.15) is 17.5 Å². The fourth-order valence-corrected chi connectivity index (χ4v) is 5.08. The number of carbonyl (C=O) groups excluding carboxylic acids is 3. The van der Waals surface area contributed by atoms with E-state index in [0.717, 1.165) is 11.1 Å². The van der Waals surface area contributed by atoms with Gasteiger partial charge in [0.15, 0.2) is 0 Å². The maximum atomic E-state index is 13.9. The fourth-order valence-electron chi connectivity index (χ4n) is 5.08. The van der Waals surface area contributed by atoms with Crippen molar-refractivity contribution in [3.8, 4) is 6.07 Å². The summed E-state index contributed by atoms with van der Waals surface area (Å²) < 4.78 is 0. The molecule has 0 aliphatic carbocycles. The molecule has 7 nitrogen and oxygen atoms in total. The molecule has 1 spiro atoms. The average Bonchev–Trinajstić information content (AvgIpc) is 3.41. The number of amides is 3. The third-order valence-electron chi connectivity index (χ3n) is 6.85. The molecule has 7 heteroatoms. The second-order valence-electron chi connectivity index (χ2n) is 8.99. The number of carbonyl (C=O) groups is 3. The molecule has 0 bridgehead atoms. The molecular weight excluding hydrogens is 440 g/mol. The summed E-state index contributed by atoms with van der Waals surface area (Å²) in [5.74, 6) is -2.17. The number of likely N-dealkylation sites (tertiary alicyclic amines) is 1. The summed E-state index contributed by atoms with van der Waals surface area (Å²) in [4.78, 5) is 41.8. The number of hydrogen-bond donors (Lipinski definition) is 2. The zero-order valence-corrected chi connectivity index (χ0v) is 19.0. The highest BCUT2D eigenvalue weighted by atomic mass is 16.2. The summed E-state index contributed by atoms with van der Waals surface area (Å²) in [6.45, 7) is 0.0524. The molecular formula is C28H24N4O3. The van der Waals surface area contributed by atoms with E-state index in [2.05, 4.69) is 16.7 Å². The maximum absolute atomic E-state index is 13.9. The number of anilines is 2. The fraction of sp³-hybridized carbons (Fsp3) is 0.214. The van der Waals surface area contributed by atoms with Gasteiger partial charge in [0, 0.05) is 24.3 Å². The van der Waals surface area contributed by atoms with Gasteiger partial charge < -0.3 is 15.5 Å². The van der Waals surface area contributed by atoms with Crippen molar-refractivity contribution in [1.29, 1.82) is 5.26 Å². The molecule has 0 radical (unpaired) electrons. The van der Waals surface area contributed by atoms with Gasteiger partial charge in [-0.15, -0.1) is 0 Å².